The van der Waals surface area contributed by atoms with Gasteiger partial charge in [0, 0.05) is 21.7 Å². The minimum Gasteiger partial charge on any atom is -0.465 e. The molecule has 0 N–H and O–H groups in total. The number of ether oxygens (including phenoxy) is 4. The largest absolute Gasteiger partial charge is 0.465 e. The van der Waals surface area contributed by atoms with E-state index in [-0.39, 0.29) is 78.3 Å². The van der Waals surface area contributed by atoms with Crippen molar-refractivity contribution in [1.29, 1.82) is 0 Å². The minimum absolute atomic E-state index is 0.0553. The van der Waals surface area contributed by atoms with E-state index in [1.165, 1.54) is 0 Å². The molecule has 11 heteroatoms. The van der Waals surface area contributed by atoms with Crippen molar-refractivity contribution in [2.45, 2.75) is 129 Å². The first-order valence-corrected chi connectivity index (χ1v) is 20.2. The molecule has 1 aromatic rings. The van der Waals surface area contributed by atoms with Gasteiger partial charge >= 0.3 is 11.9 Å². The van der Waals surface area contributed by atoms with E-state index in [2.05, 4.69) is 37.4 Å². The monoisotopic (exact) mass is 747 g/mol. The molecule has 54 heavy (non-hydrogen) atoms. The number of esters is 2. The molecule has 4 aliphatic rings. The van der Waals surface area contributed by atoms with Crippen molar-refractivity contribution < 1.29 is 38.1 Å². The zero-order valence-corrected chi connectivity index (χ0v) is 33.0. The van der Waals surface area contributed by atoms with Crippen LogP contribution in [0, 0.1) is 52.3 Å². The van der Waals surface area contributed by atoms with Crippen molar-refractivity contribution in [2.24, 2.45) is 57.4 Å². The molecule has 0 spiro atoms. The van der Waals surface area contributed by atoms with Crippen LogP contribution in [0.3, 0.4) is 0 Å². The number of carbonyl (C=O) groups excluding carboxylic acids is 4. The van der Waals surface area contributed by atoms with Gasteiger partial charge in [0.1, 0.15) is 12.2 Å². The maximum absolute atomic E-state index is 14.3. The topological polar surface area (TPSA) is 154 Å². The maximum atomic E-state index is 14.3. The summed E-state index contributed by atoms with van der Waals surface area (Å²) in [5.74, 6) is -1.63. The SMILES string of the molecule is C=C[C@@H](C)[C@H]1CC[C@H]2[C@@H]3[C@H](OC=O)C[C@@H]4C[C@@](c5ccc(CN=[N+]=[N-])cc5)(C(C(=O)OCCCC)C(=O)OCCCC)CC[C@]4(C)[C@H]3C[C@H](OC=O)[C@]12C. The van der Waals surface area contributed by atoms with Gasteiger partial charge in [0.05, 0.1) is 19.8 Å². The summed E-state index contributed by atoms with van der Waals surface area (Å²) >= 11 is 0. The Hall–Kier alpha value is -3.85. The highest BCUT2D eigenvalue weighted by Crippen LogP contribution is 2.70. The van der Waals surface area contributed by atoms with Gasteiger partial charge in [-0.2, -0.15) is 0 Å². The van der Waals surface area contributed by atoms with Crippen LogP contribution in [0.4, 0.5) is 0 Å². The third-order valence-corrected chi connectivity index (χ3v) is 14.7. The Morgan fingerprint density at radius 1 is 0.963 bits per heavy atom. The summed E-state index contributed by atoms with van der Waals surface area (Å²) < 4.78 is 23.9. The second-order valence-electron chi connectivity index (χ2n) is 17.0. The Labute approximate surface area is 320 Å². The fourth-order valence-corrected chi connectivity index (χ4v) is 11.8. The highest BCUT2D eigenvalue weighted by molar-refractivity contribution is 5.97. The van der Waals surface area contributed by atoms with Crippen LogP contribution in [0.1, 0.15) is 116 Å². The van der Waals surface area contributed by atoms with Crippen LogP contribution in [0.15, 0.2) is 42.0 Å². The smallest absolute Gasteiger partial charge is 0.321 e. The van der Waals surface area contributed by atoms with E-state index in [0.29, 0.717) is 57.9 Å². The Morgan fingerprint density at radius 3 is 2.19 bits per heavy atom. The molecule has 4 saturated carbocycles. The summed E-state index contributed by atoms with van der Waals surface area (Å²) in [6.45, 7) is 16.7. The Bertz CT molecular complexity index is 1520. The van der Waals surface area contributed by atoms with Gasteiger partial charge in [-0.25, -0.2) is 0 Å². The third kappa shape index (κ3) is 7.54. The third-order valence-electron chi connectivity index (χ3n) is 14.7. The number of fused-ring (bicyclic) bond motifs is 5. The lowest BCUT2D eigenvalue weighted by Crippen LogP contribution is -2.64. The molecule has 296 valence electrons. The number of allylic oxidation sites excluding steroid dienone is 1. The number of azide groups is 1. The Morgan fingerprint density at radius 2 is 1.61 bits per heavy atom. The minimum atomic E-state index is -1.21. The van der Waals surface area contributed by atoms with Crippen molar-refractivity contribution in [2.75, 3.05) is 13.2 Å². The van der Waals surface area contributed by atoms with Gasteiger partial charge < -0.3 is 18.9 Å². The molecule has 0 bridgehead atoms. The van der Waals surface area contributed by atoms with Crippen LogP contribution < -0.4 is 0 Å². The first-order chi connectivity index (χ1) is 26.0. The highest BCUT2D eigenvalue weighted by atomic mass is 16.6. The molecule has 1 aromatic carbocycles. The molecule has 4 fully saturated rings. The molecular weight excluding hydrogens is 686 g/mol. The van der Waals surface area contributed by atoms with Gasteiger partial charge in [0.15, 0.2) is 5.92 Å². The van der Waals surface area contributed by atoms with E-state index in [0.717, 1.165) is 36.8 Å². The molecular formula is C43H61N3O8. The van der Waals surface area contributed by atoms with Crippen LogP contribution >= 0.6 is 0 Å². The summed E-state index contributed by atoms with van der Waals surface area (Å²) in [4.78, 5) is 55.9. The number of hydrogen-bond donors (Lipinski definition) is 0. The summed E-state index contributed by atoms with van der Waals surface area (Å²) in [5.41, 5.74) is 9.01. The molecule has 11 atom stereocenters. The molecule has 0 heterocycles. The standard InChI is InChI=1S/C43H61N3O8/c1-7-10-20-51-39(49)38(40(50)52-21-11-8-2)43(30-14-12-29(13-15-30)25-45-46-44)19-18-41(5)31(24-43)22-35(53-26-47)37-33-17-16-32(28(4)9-3)42(33,6)36(54-27-48)23-34(37)41/h9,12-15,26-28,31-38H,3,7-8,10-11,16-25H2,1-2,4-6H3/t28-,31-,32-,33+,34+,35-,36+,37+,41+,42-,43+/m1/s1. The Kier molecular flexibility index (Phi) is 13.6. The fraction of sp³-hybridized carbons (Fsp3) is 0.721. The summed E-state index contributed by atoms with van der Waals surface area (Å²) in [6, 6.07) is 7.67. The van der Waals surface area contributed by atoms with E-state index in [9.17, 15) is 19.2 Å². The second kappa shape index (κ2) is 17.7. The number of unbranched alkanes of at least 4 members (excludes halogenated alkanes) is 2. The van der Waals surface area contributed by atoms with Crippen LogP contribution in [0.25, 0.3) is 10.4 Å². The number of carbonyl (C=O) groups is 4. The molecule has 4 aliphatic carbocycles. The Balaban J connectivity index is 1.61. The molecule has 0 aliphatic heterocycles. The predicted octanol–water partition coefficient (Wildman–Crippen LogP) is 8.82. The molecule has 0 unspecified atom stereocenters. The van der Waals surface area contributed by atoms with Gasteiger partial charge in [-0.3, -0.25) is 19.2 Å². The second-order valence-corrected chi connectivity index (χ2v) is 17.0. The number of benzene rings is 1. The summed E-state index contributed by atoms with van der Waals surface area (Å²) in [6.07, 6.45) is 9.16. The highest BCUT2D eigenvalue weighted by Gasteiger charge is 2.69. The molecule has 5 rings (SSSR count). The zero-order chi connectivity index (χ0) is 39.1. The summed E-state index contributed by atoms with van der Waals surface area (Å²) in [5, 5.41) is 3.72. The van der Waals surface area contributed by atoms with E-state index < -0.39 is 23.3 Å². The predicted molar refractivity (Wildman–Crippen MR) is 203 cm³/mol. The molecule has 11 nitrogen and oxygen atoms in total. The van der Waals surface area contributed by atoms with E-state index >= 15 is 0 Å². The maximum Gasteiger partial charge on any atom is 0.321 e. The summed E-state index contributed by atoms with van der Waals surface area (Å²) in [7, 11) is 0. The van der Waals surface area contributed by atoms with Crippen molar-refractivity contribution in [3.8, 4) is 0 Å². The van der Waals surface area contributed by atoms with Crippen molar-refractivity contribution >= 4 is 24.9 Å². The number of rotatable bonds is 18. The van der Waals surface area contributed by atoms with E-state index in [1.54, 1.807) is 0 Å². The lowest BCUT2D eigenvalue weighted by Gasteiger charge is -2.65. The fourth-order valence-electron chi connectivity index (χ4n) is 11.8. The van der Waals surface area contributed by atoms with Gasteiger partial charge in [0.2, 0.25) is 0 Å². The van der Waals surface area contributed by atoms with E-state index in [4.69, 9.17) is 24.5 Å². The lowest BCUT2D eigenvalue weighted by molar-refractivity contribution is -0.218. The molecule has 0 saturated heterocycles. The van der Waals surface area contributed by atoms with Crippen LogP contribution in [-0.4, -0.2) is 50.3 Å². The average Bonchev–Trinajstić information content (AvgIpc) is 3.53. The molecule has 0 amide bonds. The molecule has 0 radical (unpaired) electrons. The first kappa shape index (κ1) is 41.3. The van der Waals surface area contributed by atoms with Crippen molar-refractivity contribution in [3.05, 3.63) is 58.5 Å². The zero-order valence-electron chi connectivity index (χ0n) is 33.0. The van der Waals surface area contributed by atoms with Gasteiger partial charge in [-0.05, 0) is 109 Å². The van der Waals surface area contributed by atoms with Gasteiger partial charge in [0.25, 0.3) is 12.9 Å². The van der Waals surface area contributed by atoms with Crippen molar-refractivity contribution in [3.63, 3.8) is 0 Å². The number of hydrogen-bond acceptors (Lipinski definition) is 9. The lowest BCUT2D eigenvalue weighted by atomic mass is 9.40. The van der Waals surface area contributed by atoms with Crippen LogP contribution in [0.2, 0.25) is 0 Å². The average molecular weight is 748 g/mol. The van der Waals surface area contributed by atoms with E-state index in [1.807, 2.05) is 44.2 Å². The van der Waals surface area contributed by atoms with Crippen LogP contribution in [-0.2, 0) is 50.1 Å². The number of nitrogens with zero attached hydrogens (tertiary/aromatic N) is 3. The van der Waals surface area contributed by atoms with Crippen LogP contribution in [0.5, 0.6) is 0 Å². The normalized spacial score (nSPS) is 34.5. The first-order valence-electron chi connectivity index (χ1n) is 20.2. The quantitative estimate of drug-likeness (QED) is 0.0166. The van der Waals surface area contributed by atoms with Gasteiger partial charge in [-0.15, -0.1) is 6.58 Å². The molecule has 0 aromatic heterocycles. The van der Waals surface area contributed by atoms with Gasteiger partial charge in [-0.1, -0.05) is 82.9 Å². The van der Waals surface area contributed by atoms with Crippen molar-refractivity contribution in [1.82, 2.24) is 0 Å².